The van der Waals surface area contributed by atoms with Crippen molar-refractivity contribution in [2.24, 2.45) is 5.73 Å². The van der Waals surface area contributed by atoms with Gasteiger partial charge in [0.1, 0.15) is 18.0 Å². The summed E-state index contributed by atoms with van der Waals surface area (Å²) in [5, 5.41) is 54.8. The molecule has 2 heterocycles. The number of ether oxygens (including phenoxy) is 3. The van der Waals surface area contributed by atoms with E-state index in [0.29, 0.717) is 30.6 Å². The number of amides is 1. The first kappa shape index (κ1) is 30.2. The van der Waals surface area contributed by atoms with Gasteiger partial charge in [0.15, 0.2) is 0 Å². The molecule has 2 aliphatic heterocycles. The molecule has 4 unspecified atom stereocenters. The minimum Gasteiger partial charge on any atom is -0.465 e. The molecule has 0 aliphatic carbocycles. The van der Waals surface area contributed by atoms with E-state index in [1.54, 1.807) is 24.3 Å². The number of hydrogen-bond acceptors (Lipinski definition) is 11. The fourth-order valence-electron chi connectivity index (χ4n) is 3.65. The molecule has 196 valence electrons. The van der Waals surface area contributed by atoms with Gasteiger partial charge in [-0.2, -0.15) is 0 Å². The molecule has 34 heavy (non-hydrogen) atoms. The van der Waals surface area contributed by atoms with Gasteiger partial charge in [0.2, 0.25) is 12.2 Å². The fourth-order valence-corrected chi connectivity index (χ4v) is 3.65. The Kier molecular flexibility index (Phi) is 14.1. The summed E-state index contributed by atoms with van der Waals surface area (Å²) in [6.07, 6.45) is -2.48. The van der Waals surface area contributed by atoms with Crippen LogP contribution < -0.4 is 15.8 Å². The van der Waals surface area contributed by atoms with Crippen LogP contribution in [0.5, 0.6) is 5.75 Å². The lowest BCUT2D eigenvalue weighted by Crippen LogP contribution is -2.49. The Morgan fingerprint density at radius 3 is 2.06 bits per heavy atom. The van der Waals surface area contributed by atoms with Gasteiger partial charge in [0.25, 0.3) is 0 Å². The van der Waals surface area contributed by atoms with E-state index in [1.807, 2.05) is 0 Å². The van der Waals surface area contributed by atoms with E-state index in [-0.39, 0.29) is 19.6 Å². The minimum atomic E-state index is -0.958. The van der Waals surface area contributed by atoms with Crippen molar-refractivity contribution < 1.29 is 49.6 Å². The van der Waals surface area contributed by atoms with Gasteiger partial charge in [-0.25, -0.2) is 0 Å². The number of rotatable bonds is 7. The molecule has 0 bridgehead atoms. The molecule has 0 radical (unpaired) electrons. The Bertz CT molecular complexity index is 693. The van der Waals surface area contributed by atoms with Gasteiger partial charge < -0.3 is 55.9 Å². The zero-order valence-electron chi connectivity index (χ0n) is 19.5. The summed E-state index contributed by atoms with van der Waals surface area (Å²) in [4.78, 5) is 12.5. The van der Waals surface area contributed by atoms with E-state index in [9.17, 15) is 25.2 Å². The van der Waals surface area contributed by atoms with Crippen LogP contribution in [0.15, 0.2) is 24.3 Å². The molecule has 2 saturated heterocycles. The fraction of sp³-hybridized carbons (Fsp3) is 0.682. The highest BCUT2D eigenvalue weighted by molar-refractivity contribution is 5.83. The smallest absolute Gasteiger partial charge is 0.243 e. The van der Waals surface area contributed by atoms with Crippen molar-refractivity contribution in [2.75, 3.05) is 27.4 Å². The van der Waals surface area contributed by atoms with E-state index in [4.69, 9.17) is 30.2 Å². The van der Waals surface area contributed by atoms with Crippen molar-refractivity contribution >= 4 is 5.91 Å². The molecule has 2 fully saturated rings. The van der Waals surface area contributed by atoms with Crippen LogP contribution in [0.2, 0.25) is 0 Å². The SMILES string of the molecule is CO.CO.NC(C(=O)NC1C[C@@H](O)CC(CO)O1)c1ccc(O[C@H]2C[C@@H](O)CC(CO)O2)cc1. The molecule has 1 aromatic carbocycles. The summed E-state index contributed by atoms with van der Waals surface area (Å²) in [5.41, 5.74) is 6.59. The van der Waals surface area contributed by atoms with Gasteiger partial charge in [-0.3, -0.25) is 4.79 Å². The van der Waals surface area contributed by atoms with Gasteiger partial charge in [0, 0.05) is 39.9 Å². The number of nitrogens with one attached hydrogen (secondary N) is 1. The summed E-state index contributed by atoms with van der Waals surface area (Å²) in [7, 11) is 2.00. The van der Waals surface area contributed by atoms with E-state index < -0.39 is 48.9 Å². The van der Waals surface area contributed by atoms with Crippen LogP contribution in [-0.4, -0.2) is 101 Å². The molecule has 0 spiro atoms. The molecule has 12 nitrogen and oxygen atoms in total. The maximum Gasteiger partial charge on any atom is 0.243 e. The Labute approximate surface area is 198 Å². The summed E-state index contributed by atoms with van der Waals surface area (Å²) in [6.45, 7) is -0.432. The second kappa shape index (κ2) is 15.9. The first-order valence-electron chi connectivity index (χ1n) is 11.0. The summed E-state index contributed by atoms with van der Waals surface area (Å²) in [6, 6.07) is 5.62. The number of hydrogen-bond donors (Lipinski definition) is 8. The van der Waals surface area contributed by atoms with E-state index >= 15 is 0 Å². The number of aliphatic hydroxyl groups is 6. The summed E-state index contributed by atoms with van der Waals surface area (Å²) in [5.74, 6) is 0.00986. The van der Waals surface area contributed by atoms with E-state index in [0.717, 1.165) is 14.2 Å². The Balaban J connectivity index is 0.00000137. The molecule has 7 atom stereocenters. The molecular weight excluding hydrogens is 452 g/mol. The molecule has 1 aromatic rings. The highest BCUT2D eigenvalue weighted by atomic mass is 16.7. The predicted octanol–water partition coefficient (Wildman–Crippen LogP) is -1.88. The lowest BCUT2D eigenvalue weighted by molar-refractivity contribution is -0.184. The van der Waals surface area contributed by atoms with Gasteiger partial charge in [-0.1, -0.05) is 12.1 Å². The first-order chi connectivity index (χ1) is 16.4. The van der Waals surface area contributed by atoms with E-state index in [2.05, 4.69) is 5.32 Å². The Morgan fingerprint density at radius 2 is 1.50 bits per heavy atom. The topological polar surface area (TPSA) is 204 Å². The Hall–Kier alpha value is -1.87. The number of carbonyl (C=O) groups is 1. The summed E-state index contributed by atoms with van der Waals surface area (Å²) >= 11 is 0. The standard InChI is InChI=1S/C20H30N2O8.2CH4O/c21-19(20(27)22-17-7-12(25)5-15(9-23)28-17)11-1-3-14(4-2-11)29-18-8-13(26)6-16(10-24)30-18;2*1-2/h1-4,12-13,15-19,23-26H,5-10,21H2,(H,22,27);2*2H,1H3/t12-,13-,15?,16?,17?,18+,19?;;/m0../s1. The first-order valence-corrected chi connectivity index (χ1v) is 11.0. The maximum absolute atomic E-state index is 12.5. The molecular formula is C22H38N2O10. The monoisotopic (exact) mass is 490 g/mol. The average molecular weight is 491 g/mol. The number of benzene rings is 1. The molecule has 0 saturated carbocycles. The highest BCUT2D eigenvalue weighted by Crippen LogP contribution is 2.25. The molecule has 2 aliphatic rings. The van der Waals surface area contributed by atoms with Crippen LogP contribution in [0.1, 0.15) is 37.3 Å². The van der Waals surface area contributed by atoms with Crippen LogP contribution in [0, 0.1) is 0 Å². The lowest BCUT2D eigenvalue weighted by atomic mass is 10.0. The van der Waals surface area contributed by atoms with Gasteiger partial charge >= 0.3 is 0 Å². The molecule has 9 N–H and O–H groups in total. The third-order valence-corrected chi connectivity index (χ3v) is 5.22. The zero-order valence-corrected chi connectivity index (χ0v) is 19.5. The van der Waals surface area contributed by atoms with Crippen molar-refractivity contribution in [3.8, 4) is 5.75 Å². The van der Waals surface area contributed by atoms with Crippen molar-refractivity contribution in [3.63, 3.8) is 0 Å². The van der Waals surface area contributed by atoms with Crippen LogP contribution in [-0.2, 0) is 14.3 Å². The second-order valence-corrected chi connectivity index (χ2v) is 7.72. The van der Waals surface area contributed by atoms with Crippen molar-refractivity contribution in [1.82, 2.24) is 5.32 Å². The van der Waals surface area contributed by atoms with E-state index in [1.165, 1.54) is 0 Å². The largest absolute Gasteiger partial charge is 0.465 e. The third-order valence-electron chi connectivity index (χ3n) is 5.22. The minimum absolute atomic E-state index is 0.194. The highest BCUT2D eigenvalue weighted by Gasteiger charge is 2.31. The van der Waals surface area contributed by atoms with Crippen molar-refractivity contribution in [2.45, 2.75) is 68.7 Å². The molecule has 3 rings (SSSR count). The van der Waals surface area contributed by atoms with Crippen molar-refractivity contribution in [1.29, 1.82) is 0 Å². The second-order valence-electron chi connectivity index (χ2n) is 7.72. The Morgan fingerprint density at radius 1 is 0.971 bits per heavy atom. The van der Waals surface area contributed by atoms with Crippen molar-refractivity contribution in [3.05, 3.63) is 29.8 Å². The third kappa shape index (κ3) is 9.41. The maximum atomic E-state index is 12.5. The normalized spacial score (nSPS) is 29.4. The number of carbonyl (C=O) groups excluding carboxylic acids is 1. The van der Waals surface area contributed by atoms with Crippen LogP contribution in [0.25, 0.3) is 0 Å². The quantitative estimate of drug-likeness (QED) is 0.212. The number of nitrogens with two attached hydrogens (primary N) is 1. The average Bonchev–Trinajstić information content (AvgIpc) is 2.85. The summed E-state index contributed by atoms with van der Waals surface area (Å²) < 4.78 is 16.8. The molecule has 0 aromatic heterocycles. The van der Waals surface area contributed by atoms with Gasteiger partial charge in [0.05, 0.1) is 37.6 Å². The van der Waals surface area contributed by atoms with Crippen LogP contribution in [0.4, 0.5) is 0 Å². The number of aliphatic hydroxyl groups excluding tert-OH is 6. The van der Waals surface area contributed by atoms with Gasteiger partial charge in [-0.15, -0.1) is 0 Å². The predicted molar refractivity (Wildman–Crippen MR) is 120 cm³/mol. The molecule has 12 heteroatoms. The van der Waals surface area contributed by atoms with Gasteiger partial charge in [-0.05, 0) is 17.7 Å². The lowest BCUT2D eigenvalue weighted by Gasteiger charge is -2.33. The van der Waals surface area contributed by atoms with Crippen LogP contribution >= 0.6 is 0 Å². The molecule has 1 amide bonds. The zero-order chi connectivity index (χ0) is 25.7. The van der Waals surface area contributed by atoms with Crippen LogP contribution in [0.3, 0.4) is 0 Å².